The molecule has 16 heavy (non-hydrogen) atoms. The third kappa shape index (κ3) is 2.07. The first-order valence-electron chi connectivity index (χ1n) is 6.52. The predicted octanol–water partition coefficient (Wildman–Crippen LogP) is 4.98. The summed E-state index contributed by atoms with van der Waals surface area (Å²) >= 11 is 0. The van der Waals surface area contributed by atoms with E-state index in [1.165, 1.54) is 36.8 Å². The van der Waals surface area contributed by atoms with Gasteiger partial charge in [-0.3, -0.25) is 0 Å². The zero-order valence-corrected chi connectivity index (χ0v) is 10.7. The average Bonchev–Trinajstić information content (AvgIpc) is 2.23. The van der Waals surface area contributed by atoms with E-state index in [0.717, 1.165) is 0 Å². The smallest absolute Gasteiger partial charge is 0.0187 e. The van der Waals surface area contributed by atoms with E-state index in [0.29, 0.717) is 5.92 Å². The topological polar surface area (TPSA) is 0 Å². The van der Waals surface area contributed by atoms with Crippen molar-refractivity contribution in [2.45, 2.75) is 46.5 Å². The van der Waals surface area contributed by atoms with Crippen molar-refractivity contribution in [3.05, 3.63) is 41.0 Å². The molecule has 0 spiro atoms. The highest BCUT2D eigenvalue weighted by Crippen LogP contribution is 2.39. The fourth-order valence-corrected chi connectivity index (χ4v) is 2.51. The average molecular weight is 214 g/mol. The van der Waals surface area contributed by atoms with Crippen molar-refractivity contribution < 1.29 is 0 Å². The van der Waals surface area contributed by atoms with Crippen LogP contribution in [-0.4, -0.2) is 0 Å². The molecule has 0 heteroatoms. The summed E-state index contributed by atoms with van der Waals surface area (Å²) in [7, 11) is 0. The first-order chi connectivity index (χ1) is 7.74. The molecule has 0 nitrogen and oxygen atoms in total. The number of hydrogen-bond donors (Lipinski definition) is 0. The molecule has 1 unspecified atom stereocenters. The molecule has 0 amide bonds. The highest BCUT2D eigenvalue weighted by molar-refractivity contribution is 5.73. The van der Waals surface area contributed by atoms with Crippen molar-refractivity contribution in [1.82, 2.24) is 0 Å². The van der Waals surface area contributed by atoms with Gasteiger partial charge in [0.25, 0.3) is 0 Å². The van der Waals surface area contributed by atoms with Crippen LogP contribution in [0, 0.1) is 12.8 Å². The molecule has 1 aliphatic carbocycles. The van der Waals surface area contributed by atoms with Crippen LogP contribution in [0.1, 0.15) is 50.7 Å². The van der Waals surface area contributed by atoms with Crippen LogP contribution >= 0.6 is 0 Å². The van der Waals surface area contributed by atoms with Crippen LogP contribution in [0.2, 0.25) is 0 Å². The molecule has 0 bridgehead atoms. The van der Waals surface area contributed by atoms with Crippen LogP contribution in [0.3, 0.4) is 0 Å². The van der Waals surface area contributed by atoms with Crippen LogP contribution in [-0.2, 0) is 0 Å². The normalized spacial score (nSPS) is 16.8. The Morgan fingerprint density at radius 2 is 1.94 bits per heavy atom. The van der Waals surface area contributed by atoms with Crippen molar-refractivity contribution in [2.24, 2.45) is 5.92 Å². The van der Waals surface area contributed by atoms with Crippen molar-refractivity contribution in [3.63, 3.8) is 0 Å². The van der Waals surface area contributed by atoms with Gasteiger partial charge in [-0.1, -0.05) is 43.7 Å². The van der Waals surface area contributed by atoms with E-state index in [-0.39, 0.29) is 0 Å². The third-order valence-electron chi connectivity index (χ3n) is 3.88. The summed E-state index contributed by atoms with van der Waals surface area (Å²) in [5.74, 6) is 0.705. The second-order valence-electron chi connectivity index (χ2n) is 4.99. The van der Waals surface area contributed by atoms with Crippen molar-refractivity contribution in [1.29, 1.82) is 0 Å². The standard InChI is InChI=1S/C16H22/c1-4-12(2)16(14-9-7-10-14)15-11-6-5-8-13(15)3/h5-6,8,11-12H,4,7,9-10H2,1-3H3. The van der Waals surface area contributed by atoms with E-state index in [9.17, 15) is 0 Å². The Hall–Kier alpha value is -1.04. The fraction of sp³-hybridized carbons (Fsp3) is 0.500. The van der Waals surface area contributed by atoms with Crippen molar-refractivity contribution >= 4 is 5.57 Å². The molecule has 1 aromatic carbocycles. The summed E-state index contributed by atoms with van der Waals surface area (Å²) in [6, 6.07) is 8.83. The molecule has 0 N–H and O–H groups in total. The molecule has 1 fully saturated rings. The number of hydrogen-bond acceptors (Lipinski definition) is 0. The Balaban J connectivity index is 2.44. The number of aryl methyl sites for hydroxylation is 1. The molecule has 1 atom stereocenters. The largest absolute Gasteiger partial charge is 0.0661 e. The van der Waals surface area contributed by atoms with E-state index in [1.807, 2.05) is 0 Å². The van der Waals surface area contributed by atoms with E-state index < -0.39 is 0 Å². The molecule has 0 radical (unpaired) electrons. The number of rotatable bonds is 3. The molecule has 0 aromatic heterocycles. The molecule has 1 aliphatic rings. The summed E-state index contributed by atoms with van der Waals surface area (Å²) in [5.41, 5.74) is 6.28. The minimum absolute atomic E-state index is 0.705. The highest BCUT2D eigenvalue weighted by Gasteiger charge is 2.20. The number of benzene rings is 1. The maximum Gasteiger partial charge on any atom is -0.0187 e. The number of allylic oxidation sites excluding steroid dienone is 2. The Kier molecular flexibility index (Phi) is 3.48. The van der Waals surface area contributed by atoms with Gasteiger partial charge >= 0.3 is 0 Å². The van der Waals surface area contributed by atoms with Gasteiger partial charge in [-0.2, -0.15) is 0 Å². The minimum Gasteiger partial charge on any atom is -0.0661 e. The zero-order valence-electron chi connectivity index (χ0n) is 10.7. The van der Waals surface area contributed by atoms with E-state index >= 15 is 0 Å². The van der Waals surface area contributed by atoms with Crippen LogP contribution in [0.25, 0.3) is 5.57 Å². The Labute approximate surface area is 99.4 Å². The minimum atomic E-state index is 0.705. The maximum absolute atomic E-state index is 2.37. The summed E-state index contributed by atoms with van der Waals surface area (Å²) < 4.78 is 0. The quantitative estimate of drug-likeness (QED) is 0.665. The molecule has 86 valence electrons. The lowest BCUT2D eigenvalue weighted by atomic mass is 9.78. The van der Waals surface area contributed by atoms with Gasteiger partial charge in [0.15, 0.2) is 0 Å². The van der Waals surface area contributed by atoms with Crippen LogP contribution in [0.4, 0.5) is 0 Å². The van der Waals surface area contributed by atoms with Gasteiger partial charge in [-0.25, -0.2) is 0 Å². The Morgan fingerprint density at radius 1 is 1.25 bits per heavy atom. The Morgan fingerprint density at radius 3 is 2.44 bits per heavy atom. The van der Waals surface area contributed by atoms with Gasteiger partial charge in [0.1, 0.15) is 0 Å². The molecule has 0 saturated heterocycles. The van der Waals surface area contributed by atoms with Crippen LogP contribution in [0.5, 0.6) is 0 Å². The lowest BCUT2D eigenvalue weighted by Gasteiger charge is -2.27. The van der Waals surface area contributed by atoms with E-state index in [2.05, 4.69) is 45.0 Å². The van der Waals surface area contributed by atoms with Crippen LogP contribution in [0.15, 0.2) is 29.8 Å². The van der Waals surface area contributed by atoms with Crippen molar-refractivity contribution in [3.8, 4) is 0 Å². The second-order valence-corrected chi connectivity index (χ2v) is 4.99. The van der Waals surface area contributed by atoms with Gasteiger partial charge in [0.2, 0.25) is 0 Å². The summed E-state index contributed by atoms with van der Waals surface area (Å²) in [4.78, 5) is 0. The van der Waals surface area contributed by atoms with Gasteiger partial charge in [0.05, 0.1) is 0 Å². The predicted molar refractivity (Wildman–Crippen MR) is 71.4 cm³/mol. The van der Waals surface area contributed by atoms with Crippen molar-refractivity contribution in [2.75, 3.05) is 0 Å². The SMILES string of the molecule is CCC(C)C(=C1CCC1)c1ccccc1C. The third-order valence-corrected chi connectivity index (χ3v) is 3.88. The molecule has 2 rings (SSSR count). The monoisotopic (exact) mass is 214 g/mol. The first kappa shape index (κ1) is 11.4. The summed E-state index contributed by atoms with van der Waals surface area (Å²) in [5, 5.41) is 0. The molecule has 0 aliphatic heterocycles. The van der Waals surface area contributed by atoms with Gasteiger partial charge in [-0.05, 0) is 55.2 Å². The molecular formula is C16H22. The summed E-state index contributed by atoms with van der Waals surface area (Å²) in [6.45, 7) is 6.90. The Bertz CT molecular complexity index is 392. The lowest BCUT2D eigenvalue weighted by molar-refractivity contribution is 0.634. The molecule has 0 heterocycles. The highest BCUT2D eigenvalue weighted by atomic mass is 14.2. The maximum atomic E-state index is 2.37. The lowest BCUT2D eigenvalue weighted by Crippen LogP contribution is -2.08. The summed E-state index contributed by atoms with van der Waals surface area (Å²) in [6.07, 6.45) is 5.29. The van der Waals surface area contributed by atoms with Gasteiger partial charge in [-0.15, -0.1) is 0 Å². The van der Waals surface area contributed by atoms with Gasteiger partial charge < -0.3 is 0 Å². The first-order valence-corrected chi connectivity index (χ1v) is 6.52. The second kappa shape index (κ2) is 4.86. The van der Waals surface area contributed by atoms with Gasteiger partial charge in [0, 0.05) is 0 Å². The van der Waals surface area contributed by atoms with Crippen LogP contribution < -0.4 is 0 Å². The van der Waals surface area contributed by atoms with E-state index in [1.54, 1.807) is 11.1 Å². The zero-order chi connectivity index (χ0) is 11.5. The molecule has 1 saturated carbocycles. The molecular weight excluding hydrogens is 192 g/mol. The fourth-order valence-electron chi connectivity index (χ4n) is 2.51. The van der Waals surface area contributed by atoms with E-state index in [4.69, 9.17) is 0 Å². The molecule has 1 aromatic rings.